The number of nitrogens with one attached hydrogen (secondary N) is 1. The molecule has 2 amide bonds. The van der Waals surface area contributed by atoms with Crippen molar-refractivity contribution in [3.8, 4) is 11.3 Å². The van der Waals surface area contributed by atoms with Crippen LogP contribution < -0.4 is 5.32 Å². The Hall–Kier alpha value is -2.16. The number of nitrogens with zero attached hydrogens (tertiary/aromatic N) is 2. The molecule has 0 unspecified atom stereocenters. The van der Waals surface area contributed by atoms with Crippen LogP contribution in [-0.4, -0.2) is 54.3 Å². The third-order valence-corrected chi connectivity index (χ3v) is 8.12. The van der Waals surface area contributed by atoms with E-state index in [9.17, 15) is 9.59 Å². The lowest BCUT2D eigenvalue weighted by atomic mass is 9.99. The van der Waals surface area contributed by atoms with E-state index in [2.05, 4.69) is 23.9 Å². The summed E-state index contributed by atoms with van der Waals surface area (Å²) in [6.45, 7) is 5.39. The number of ether oxygens (including phenoxy) is 2. The first-order chi connectivity index (χ1) is 16.9. The summed E-state index contributed by atoms with van der Waals surface area (Å²) in [6.07, 6.45) is 4.55. The monoisotopic (exact) mass is 519 g/mol. The Labute approximate surface area is 216 Å². The minimum absolute atomic E-state index is 0.0928. The van der Waals surface area contributed by atoms with Crippen LogP contribution in [0.15, 0.2) is 24.3 Å². The molecule has 9 heteroatoms. The summed E-state index contributed by atoms with van der Waals surface area (Å²) in [4.78, 5) is 33.1. The first kappa shape index (κ1) is 25.9. The van der Waals surface area contributed by atoms with Gasteiger partial charge in [-0.2, -0.15) is 0 Å². The number of carbonyl (C=O) groups excluding carboxylic acids is 2. The Morgan fingerprint density at radius 3 is 2.77 bits per heavy atom. The smallest absolute Gasteiger partial charge is 0.406 e. The van der Waals surface area contributed by atoms with Crippen molar-refractivity contribution in [3.05, 3.63) is 39.2 Å². The molecular weight excluding hydrogens is 486 g/mol. The third kappa shape index (κ3) is 6.54. The number of amides is 2. The fraction of sp³-hybridized carbons (Fsp3) is 0.577. The van der Waals surface area contributed by atoms with Crippen molar-refractivity contribution in [1.29, 1.82) is 0 Å². The number of thiazole rings is 1. The van der Waals surface area contributed by atoms with Crippen molar-refractivity contribution in [3.63, 3.8) is 0 Å². The first-order valence-corrected chi connectivity index (χ1v) is 13.6. The topological polar surface area (TPSA) is 80.8 Å². The van der Waals surface area contributed by atoms with E-state index in [0.717, 1.165) is 59.7 Å². The molecule has 1 N–H and O–H groups in total. The predicted octanol–water partition coefficient (Wildman–Crippen LogP) is 5.62. The lowest BCUT2D eigenvalue weighted by Gasteiger charge is -2.34. The molecule has 190 valence electrons. The van der Waals surface area contributed by atoms with Gasteiger partial charge in [0.05, 0.1) is 25.5 Å². The van der Waals surface area contributed by atoms with Crippen LogP contribution in [0.1, 0.15) is 61.9 Å². The molecule has 1 aliphatic heterocycles. The van der Waals surface area contributed by atoms with E-state index < -0.39 is 6.09 Å². The van der Waals surface area contributed by atoms with Crippen molar-refractivity contribution < 1.29 is 19.1 Å². The maximum atomic E-state index is 13.5. The fourth-order valence-electron chi connectivity index (χ4n) is 4.49. The van der Waals surface area contributed by atoms with E-state index in [-0.39, 0.29) is 24.1 Å². The van der Waals surface area contributed by atoms with Gasteiger partial charge < -0.3 is 19.7 Å². The van der Waals surface area contributed by atoms with Crippen LogP contribution in [0.4, 0.5) is 4.79 Å². The highest BCUT2D eigenvalue weighted by atomic mass is 35.5. The highest BCUT2D eigenvalue weighted by molar-refractivity contribution is 7.12. The van der Waals surface area contributed by atoms with Crippen LogP contribution in [-0.2, 0) is 20.7 Å². The van der Waals surface area contributed by atoms with E-state index in [1.54, 1.807) is 11.3 Å². The number of halogens is 1. The Bertz CT molecular complexity index is 1030. The van der Waals surface area contributed by atoms with Crippen molar-refractivity contribution in [1.82, 2.24) is 15.2 Å². The number of alkyl carbamates (subject to hydrolysis) is 1. The highest BCUT2D eigenvalue weighted by Gasteiger charge is 2.41. The molecule has 1 aromatic heterocycles. The summed E-state index contributed by atoms with van der Waals surface area (Å²) >= 11 is 7.92. The normalized spacial score (nSPS) is 20.8. The Morgan fingerprint density at radius 1 is 1.31 bits per heavy atom. The summed E-state index contributed by atoms with van der Waals surface area (Å²) in [5.74, 6) is 0.594. The van der Waals surface area contributed by atoms with Gasteiger partial charge >= 0.3 is 6.09 Å². The standard InChI is InChI=1S/C26H34ClN3O4S/c1-16-9-12-21(34-15-16)25(31)30(20-10-11-20)17(2)24-29-23(18-6-4-7-19(27)14-18)22(35-24)8-5-13-28-26(32)33-3/h4,6-7,14,16-17,20-21H,5,8-13,15H2,1-3H3,(H,28,32)/t16-,17-,21-/m1/s1. The average Bonchev–Trinajstić information content (AvgIpc) is 3.59. The summed E-state index contributed by atoms with van der Waals surface area (Å²) < 4.78 is 10.6. The fourth-order valence-corrected chi connectivity index (χ4v) is 5.86. The second-order valence-corrected chi connectivity index (χ2v) is 11.1. The van der Waals surface area contributed by atoms with Gasteiger partial charge in [0.1, 0.15) is 11.1 Å². The quantitative estimate of drug-likeness (QED) is 0.435. The van der Waals surface area contributed by atoms with E-state index in [4.69, 9.17) is 21.3 Å². The maximum absolute atomic E-state index is 13.5. The molecule has 2 fully saturated rings. The summed E-state index contributed by atoms with van der Waals surface area (Å²) in [5, 5.41) is 4.30. The highest BCUT2D eigenvalue weighted by Crippen LogP contribution is 2.40. The Balaban J connectivity index is 1.56. The molecule has 2 aliphatic rings. The van der Waals surface area contributed by atoms with Gasteiger partial charge in [-0.15, -0.1) is 11.3 Å². The van der Waals surface area contributed by atoms with Gasteiger partial charge in [-0.3, -0.25) is 4.79 Å². The number of benzene rings is 1. The molecule has 2 heterocycles. The van der Waals surface area contributed by atoms with Crippen LogP contribution in [0.3, 0.4) is 0 Å². The number of methoxy groups -OCH3 is 1. The maximum Gasteiger partial charge on any atom is 0.406 e. The van der Waals surface area contributed by atoms with Gasteiger partial charge in [0.15, 0.2) is 0 Å². The summed E-state index contributed by atoms with van der Waals surface area (Å²) in [7, 11) is 1.36. The largest absolute Gasteiger partial charge is 0.453 e. The van der Waals surface area contributed by atoms with E-state index >= 15 is 0 Å². The van der Waals surface area contributed by atoms with E-state index in [0.29, 0.717) is 24.1 Å². The number of rotatable bonds is 9. The lowest BCUT2D eigenvalue weighted by molar-refractivity contribution is -0.151. The lowest BCUT2D eigenvalue weighted by Crippen LogP contribution is -2.45. The number of hydrogen-bond acceptors (Lipinski definition) is 6. The minimum atomic E-state index is -0.434. The van der Waals surface area contributed by atoms with Crippen LogP contribution in [0, 0.1) is 5.92 Å². The molecule has 1 saturated carbocycles. The molecule has 35 heavy (non-hydrogen) atoms. The number of aromatic nitrogens is 1. The molecule has 1 aliphatic carbocycles. The molecule has 3 atom stereocenters. The van der Waals surface area contributed by atoms with Crippen LogP contribution in [0.5, 0.6) is 0 Å². The van der Waals surface area contributed by atoms with Crippen LogP contribution >= 0.6 is 22.9 Å². The second-order valence-electron chi connectivity index (χ2n) is 9.51. The number of hydrogen-bond donors (Lipinski definition) is 1. The van der Waals surface area contributed by atoms with Crippen molar-refractivity contribution in [2.45, 2.75) is 70.6 Å². The first-order valence-electron chi connectivity index (χ1n) is 12.4. The Morgan fingerprint density at radius 2 is 2.11 bits per heavy atom. The second kappa shape index (κ2) is 11.7. The molecule has 1 aromatic carbocycles. The molecule has 1 saturated heterocycles. The molecular formula is C26H34ClN3O4S. The predicted molar refractivity (Wildman–Crippen MR) is 138 cm³/mol. The van der Waals surface area contributed by atoms with E-state index in [1.807, 2.05) is 29.2 Å². The van der Waals surface area contributed by atoms with Gasteiger partial charge in [0, 0.05) is 28.0 Å². The summed E-state index contributed by atoms with van der Waals surface area (Å²) in [6, 6.07) is 7.81. The van der Waals surface area contributed by atoms with Gasteiger partial charge in [0.25, 0.3) is 5.91 Å². The number of carbonyl (C=O) groups is 2. The average molecular weight is 520 g/mol. The molecule has 4 rings (SSSR count). The number of aryl methyl sites for hydroxylation is 1. The third-order valence-electron chi connectivity index (χ3n) is 6.60. The zero-order valence-electron chi connectivity index (χ0n) is 20.6. The molecule has 0 radical (unpaired) electrons. The zero-order valence-corrected chi connectivity index (χ0v) is 22.2. The molecule has 0 spiro atoms. The van der Waals surface area contributed by atoms with Gasteiger partial charge in [0.2, 0.25) is 0 Å². The van der Waals surface area contributed by atoms with Gasteiger partial charge in [-0.25, -0.2) is 9.78 Å². The van der Waals surface area contributed by atoms with Gasteiger partial charge in [-0.1, -0.05) is 30.7 Å². The summed E-state index contributed by atoms with van der Waals surface area (Å²) in [5.41, 5.74) is 1.85. The molecule has 0 bridgehead atoms. The molecule has 7 nitrogen and oxygen atoms in total. The zero-order chi connectivity index (χ0) is 24.9. The van der Waals surface area contributed by atoms with Gasteiger partial charge in [-0.05, 0) is 63.5 Å². The molecule has 2 aromatic rings. The van der Waals surface area contributed by atoms with Crippen molar-refractivity contribution >= 4 is 34.9 Å². The minimum Gasteiger partial charge on any atom is -0.453 e. The SMILES string of the molecule is COC(=O)NCCCc1sc([C@@H](C)N(C(=O)[C@H]2CC[C@@H](C)CO2)C2CC2)nc1-c1cccc(Cl)c1. The van der Waals surface area contributed by atoms with Crippen molar-refractivity contribution in [2.75, 3.05) is 20.3 Å². The van der Waals surface area contributed by atoms with Crippen LogP contribution in [0.2, 0.25) is 5.02 Å². The van der Waals surface area contributed by atoms with Crippen molar-refractivity contribution in [2.24, 2.45) is 5.92 Å². The Kier molecular flexibility index (Phi) is 8.68. The van der Waals surface area contributed by atoms with Crippen LogP contribution in [0.25, 0.3) is 11.3 Å². The van der Waals surface area contributed by atoms with E-state index in [1.165, 1.54) is 7.11 Å².